The van der Waals surface area contributed by atoms with Crippen LogP contribution in [0.25, 0.3) is 0 Å². The fraction of sp³-hybridized carbons (Fsp3) is 1.00. The van der Waals surface area contributed by atoms with Gasteiger partial charge in [-0.3, -0.25) is 0 Å². The first-order chi connectivity index (χ1) is 5.64. The Morgan fingerprint density at radius 1 is 1.17 bits per heavy atom. The van der Waals surface area contributed by atoms with Crippen LogP contribution in [0.4, 0.5) is 0 Å². The molecule has 0 heterocycles. The number of rotatable bonds is 6. The van der Waals surface area contributed by atoms with Gasteiger partial charge in [0, 0.05) is 38.4 Å². The van der Waals surface area contributed by atoms with Gasteiger partial charge >= 0.3 is 8.80 Å². The smallest absolute Gasteiger partial charge is 0.377 e. The zero-order valence-corrected chi connectivity index (χ0v) is 10.4. The fourth-order valence-corrected chi connectivity index (χ4v) is 3.62. The van der Waals surface area contributed by atoms with Gasteiger partial charge in [-0.2, -0.15) is 25.3 Å². The third-order valence-corrected chi connectivity index (χ3v) is 5.93. The van der Waals surface area contributed by atoms with Crippen molar-refractivity contribution in [2.24, 2.45) is 0 Å². The van der Waals surface area contributed by atoms with Gasteiger partial charge in [0.05, 0.1) is 0 Å². The van der Waals surface area contributed by atoms with Crippen LogP contribution in [0, 0.1) is 0 Å². The van der Waals surface area contributed by atoms with Crippen molar-refractivity contribution in [2.45, 2.75) is 11.3 Å². The molecule has 0 rings (SSSR count). The second-order valence-corrected chi connectivity index (χ2v) is 6.43. The van der Waals surface area contributed by atoms with Crippen LogP contribution in [0.3, 0.4) is 0 Å². The van der Waals surface area contributed by atoms with Gasteiger partial charge in [-0.15, -0.1) is 0 Å². The normalized spacial score (nSPS) is 14.8. The third-order valence-electron chi connectivity index (χ3n) is 1.63. The Labute approximate surface area is 86.0 Å². The van der Waals surface area contributed by atoms with E-state index in [1.54, 1.807) is 21.3 Å². The van der Waals surface area contributed by atoms with E-state index in [0.717, 1.165) is 0 Å². The molecule has 0 saturated heterocycles. The predicted molar refractivity (Wildman–Crippen MR) is 58.2 cm³/mol. The maximum atomic E-state index is 5.22. The zero-order valence-electron chi connectivity index (χ0n) is 7.61. The summed E-state index contributed by atoms with van der Waals surface area (Å²) in [7, 11) is 2.36. The molecule has 0 bridgehead atoms. The van der Waals surface area contributed by atoms with Crippen molar-refractivity contribution < 1.29 is 13.3 Å². The van der Waals surface area contributed by atoms with Crippen LogP contribution < -0.4 is 0 Å². The van der Waals surface area contributed by atoms with E-state index in [4.69, 9.17) is 13.3 Å². The average molecular weight is 228 g/mol. The van der Waals surface area contributed by atoms with Crippen LogP contribution in [-0.2, 0) is 13.3 Å². The Balaban J connectivity index is 4.09. The first-order valence-electron chi connectivity index (χ1n) is 3.58. The van der Waals surface area contributed by atoms with E-state index < -0.39 is 8.80 Å². The Hall–Kier alpha value is 0.797. The van der Waals surface area contributed by atoms with Crippen LogP contribution >= 0.6 is 25.3 Å². The Bertz CT molecular complexity index is 113. The highest BCUT2D eigenvalue weighted by molar-refractivity contribution is 7.84. The SMILES string of the molecule is CO[Si](CC(S)CS)(OC)OC. The van der Waals surface area contributed by atoms with Gasteiger partial charge in [0.2, 0.25) is 0 Å². The summed E-state index contributed by atoms with van der Waals surface area (Å²) in [5, 5.41) is 0.153. The summed E-state index contributed by atoms with van der Waals surface area (Å²) >= 11 is 8.43. The topological polar surface area (TPSA) is 27.7 Å². The van der Waals surface area contributed by atoms with Crippen LogP contribution in [0.15, 0.2) is 0 Å². The molecule has 0 aromatic rings. The highest BCUT2D eigenvalue weighted by atomic mass is 32.1. The van der Waals surface area contributed by atoms with Crippen LogP contribution in [-0.4, -0.2) is 41.1 Å². The lowest BCUT2D eigenvalue weighted by Crippen LogP contribution is -2.45. The van der Waals surface area contributed by atoms with E-state index in [1.165, 1.54) is 0 Å². The van der Waals surface area contributed by atoms with E-state index in [9.17, 15) is 0 Å². The van der Waals surface area contributed by atoms with Gasteiger partial charge in [-0.05, 0) is 0 Å². The van der Waals surface area contributed by atoms with E-state index in [2.05, 4.69) is 25.3 Å². The van der Waals surface area contributed by atoms with Crippen molar-refractivity contribution in [3.8, 4) is 0 Å². The van der Waals surface area contributed by atoms with Gasteiger partial charge in [0.15, 0.2) is 0 Å². The number of hydrogen-bond donors (Lipinski definition) is 2. The maximum absolute atomic E-state index is 5.22. The minimum Gasteiger partial charge on any atom is -0.377 e. The lowest BCUT2D eigenvalue weighted by Gasteiger charge is -2.26. The second kappa shape index (κ2) is 6.28. The molecule has 0 aliphatic rings. The molecule has 0 amide bonds. The van der Waals surface area contributed by atoms with Crippen molar-refractivity contribution in [1.29, 1.82) is 0 Å². The first-order valence-corrected chi connectivity index (χ1v) is 6.66. The van der Waals surface area contributed by atoms with Crippen molar-refractivity contribution in [3.63, 3.8) is 0 Å². The van der Waals surface area contributed by atoms with E-state index in [-0.39, 0.29) is 5.25 Å². The monoisotopic (exact) mass is 228 g/mol. The largest absolute Gasteiger partial charge is 0.501 e. The highest BCUT2D eigenvalue weighted by Crippen LogP contribution is 2.18. The van der Waals surface area contributed by atoms with Crippen LogP contribution in [0.1, 0.15) is 0 Å². The maximum Gasteiger partial charge on any atom is 0.501 e. The predicted octanol–water partition coefficient (Wildman–Crippen LogP) is 1.09. The molecular formula is C6H16O3S2Si. The minimum absolute atomic E-state index is 0.153. The fourth-order valence-electron chi connectivity index (χ4n) is 0.853. The van der Waals surface area contributed by atoms with Crippen molar-refractivity contribution in [3.05, 3.63) is 0 Å². The molecule has 0 saturated carbocycles. The van der Waals surface area contributed by atoms with Gasteiger partial charge in [-0.25, -0.2) is 0 Å². The first kappa shape index (κ1) is 12.8. The number of hydrogen-bond acceptors (Lipinski definition) is 5. The summed E-state index contributed by atoms with van der Waals surface area (Å²) in [5.74, 6) is 0.688. The molecule has 0 aromatic heterocycles. The lowest BCUT2D eigenvalue weighted by atomic mass is 10.5. The van der Waals surface area contributed by atoms with Gasteiger partial charge in [0.25, 0.3) is 0 Å². The summed E-state index contributed by atoms with van der Waals surface area (Å²) in [5.41, 5.74) is 0. The Morgan fingerprint density at radius 2 is 1.58 bits per heavy atom. The summed E-state index contributed by atoms with van der Waals surface area (Å²) < 4.78 is 15.7. The standard InChI is InChI=1S/C6H16O3S2Si/c1-7-12(8-2,9-3)5-6(11)4-10/h6,10-11H,4-5H2,1-3H3. The summed E-state index contributed by atoms with van der Waals surface area (Å²) in [4.78, 5) is 0. The third kappa shape index (κ3) is 3.67. The van der Waals surface area contributed by atoms with E-state index >= 15 is 0 Å². The molecule has 0 radical (unpaired) electrons. The van der Waals surface area contributed by atoms with Crippen LogP contribution in [0.2, 0.25) is 6.04 Å². The summed E-state index contributed by atoms with van der Waals surface area (Å²) in [6.45, 7) is 0. The van der Waals surface area contributed by atoms with Gasteiger partial charge in [0.1, 0.15) is 0 Å². The zero-order chi connectivity index (χ0) is 9.61. The van der Waals surface area contributed by atoms with E-state index in [1.807, 2.05) is 0 Å². The molecule has 0 fully saturated rings. The van der Waals surface area contributed by atoms with Crippen molar-refractivity contribution >= 4 is 34.1 Å². The minimum atomic E-state index is -2.43. The summed E-state index contributed by atoms with van der Waals surface area (Å²) in [6, 6.07) is 0.684. The Kier molecular flexibility index (Phi) is 6.70. The molecule has 0 aliphatic carbocycles. The quantitative estimate of drug-likeness (QED) is 0.526. The molecular weight excluding hydrogens is 212 g/mol. The average Bonchev–Trinajstić information content (AvgIpc) is 2.14. The molecule has 0 spiro atoms. The molecule has 1 unspecified atom stereocenters. The van der Waals surface area contributed by atoms with Crippen LogP contribution in [0.5, 0.6) is 0 Å². The van der Waals surface area contributed by atoms with Crippen molar-refractivity contribution in [1.82, 2.24) is 0 Å². The lowest BCUT2D eigenvalue weighted by molar-refractivity contribution is 0.124. The number of thiol groups is 2. The highest BCUT2D eigenvalue weighted by Gasteiger charge is 2.39. The molecule has 0 N–H and O–H groups in total. The second-order valence-electron chi connectivity index (χ2n) is 2.34. The molecule has 6 heteroatoms. The molecule has 12 heavy (non-hydrogen) atoms. The molecule has 1 atom stereocenters. The molecule has 0 aromatic carbocycles. The summed E-state index contributed by atoms with van der Waals surface area (Å²) in [6.07, 6.45) is 0. The molecule has 74 valence electrons. The van der Waals surface area contributed by atoms with Gasteiger partial charge in [-0.1, -0.05) is 0 Å². The molecule has 3 nitrogen and oxygen atoms in total. The van der Waals surface area contributed by atoms with Crippen molar-refractivity contribution in [2.75, 3.05) is 27.1 Å². The molecule has 0 aliphatic heterocycles. The Morgan fingerprint density at radius 3 is 1.83 bits per heavy atom. The van der Waals surface area contributed by atoms with E-state index in [0.29, 0.717) is 11.8 Å². The van der Waals surface area contributed by atoms with Gasteiger partial charge < -0.3 is 13.3 Å².